The third kappa shape index (κ3) is 4.81. The van der Waals surface area contributed by atoms with Crippen LogP contribution in [-0.4, -0.2) is 47.0 Å². The van der Waals surface area contributed by atoms with Gasteiger partial charge >= 0.3 is 0 Å². The van der Waals surface area contributed by atoms with Gasteiger partial charge in [-0.2, -0.15) is 0 Å². The molecule has 0 unspecified atom stereocenters. The van der Waals surface area contributed by atoms with Crippen molar-refractivity contribution in [3.05, 3.63) is 47.1 Å². The number of aromatic nitrogens is 2. The van der Waals surface area contributed by atoms with Crippen LogP contribution in [0, 0.1) is 6.92 Å². The molecule has 6 nitrogen and oxygen atoms in total. The van der Waals surface area contributed by atoms with Crippen molar-refractivity contribution in [1.82, 2.24) is 20.2 Å². The minimum atomic E-state index is -0.0495. The lowest BCUT2D eigenvalue weighted by molar-refractivity contribution is 0.0949. The van der Waals surface area contributed by atoms with E-state index in [-0.39, 0.29) is 5.91 Å². The molecule has 27 heavy (non-hydrogen) atoms. The number of likely N-dealkylation sites (N-methyl/N-ethyl adjacent to an activating group) is 1. The van der Waals surface area contributed by atoms with Gasteiger partial charge in [0.15, 0.2) is 0 Å². The summed E-state index contributed by atoms with van der Waals surface area (Å²) in [5.74, 6) is 0.729. The van der Waals surface area contributed by atoms with Gasteiger partial charge in [-0.1, -0.05) is 13.8 Å². The second kappa shape index (κ2) is 8.92. The number of nitrogens with zero attached hydrogens (tertiary/aromatic N) is 3. The van der Waals surface area contributed by atoms with Gasteiger partial charge in [-0.05, 0) is 50.3 Å². The monoisotopic (exact) mass is 383 g/mol. The molecule has 0 radical (unpaired) electrons. The predicted octanol–water partition coefficient (Wildman–Crippen LogP) is 3.81. The highest BCUT2D eigenvalue weighted by Crippen LogP contribution is 2.29. The van der Waals surface area contributed by atoms with E-state index in [1.54, 1.807) is 17.7 Å². The van der Waals surface area contributed by atoms with Crippen LogP contribution < -0.4 is 10.6 Å². The average Bonchev–Trinajstić information content (AvgIpc) is 3.07. The Kier molecular flexibility index (Phi) is 6.36. The van der Waals surface area contributed by atoms with E-state index in [1.807, 2.05) is 24.3 Å². The lowest BCUT2D eigenvalue weighted by Crippen LogP contribution is -2.34. The summed E-state index contributed by atoms with van der Waals surface area (Å²) in [5.41, 5.74) is 1.54. The molecule has 1 aromatic carbocycles. The first-order valence-corrected chi connectivity index (χ1v) is 10.0. The Morgan fingerprint density at radius 2 is 1.89 bits per heavy atom. The molecule has 2 heterocycles. The molecule has 0 saturated carbocycles. The number of thiophene rings is 1. The van der Waals surface area contributed by atoms with Gasteiger partial charge in [0.05, 0.1) is 5.39 Å². The van der Waals surface area contributed by atoms with Crippen molar-refractivity contribution in [1.29, 1.82) is 0 Å². The number of rotatable bonds is 8. The molecule has 0 saturated heterocycles. The molecular formula is C20H25N5OS. The van der Waals surface area contributed by atoms with Crippen molar-refractivity contribution in [2.75, 3.05) is 31.5 Å². The first kappa shape index (κ1) is 19.3. The van der Waals surface area contributed by atoms with Gasteiger partial charge < -0.3 is 15.5 Å². The van der Waals surface area contributed by atoms with Gasteiger partial charge in [0.1, 0.15) is 17.0 Å². The number of benzene rings is 1. The average molecular weight is 384 g/mol. The van der Waals surface area contributed by atoms with E-state index in [9.17, 15) is 4.79 Å². The number of hydrogen-bond acceptors (Lipinski definition) is 6. The zero-order valence-corrected chi connectivity index (χ0v) is 16.8. The topological polar surface area (TPSA) is 70.2 Å². The highest BCUT2D eigenvalue weighted by molar-refractivity contribution is 7.18. The fourth-order valence-electron chi connectivity index (χ4n) is 2.89. The molecule has 3 rings (SSSR count). The van der Waals surface area contributed by atoms with E-state index in [1.165, 1.54) is 4.88 Å². The van der Waals surface area contributed by atoms with Crippen LogP contribution in [0.5, 0.6) is 0 Å². The zero-order chi connectivity index (χ0) is 19.2. The van der Waals surface area contributed by atoms with Crippen molar-refractivity contribution in [3.8, 4) is 0 Å². The maximum Gasteiger partial charge on any atom is 0.251 e. The quantitative estimate of drug-likeness (QED) is 0.619. The number of nitrogens with one attached hydrogen (secondary N) is 2. The largest absolute Gasteiger partial charge is 0.351 e. The molecule has 2 N–H and O–H groups in total. The lowest BCUT2D eigenvalue weighted by Gasteiger charge is -2.18. The van der Waals surface area contributed by atoms with E-state index in [0.29, 0.717) is 12.1 Å². The van der Waals surface area contributed by atoms with Crippen LogP contribution in [-0.2, 0) is 0 Å². The molecule has 2 aromatic heterocycles. The third-order valence-corrected chi connectivity index (χ3v) is 5.43. The number of anilines is 2. The first-order valence-electron chi connectivity index (χ1n) is 9.19. The van der Waals surface area contributed by atoms with Crippen LogP contribution in [0.1, 0.15) is 29.1 Å². The predicted molar refractivity (Wildman–Crippen MR) is 112 cm³/mol. The van der Waals surface area contributed by atoms with E-state index >= 15 is 0 Å². The summed E-state index contributed by atoms with van der Waals surface area (Å²) in [4.78, 5) is 25.4. The number of fused-ring (bicyclic) bond motifs is 1. The number of hydrogen-bond donors (Lipinski definition) is 2. The SMILES string of the molecule is CCN(CC)CCNC(=O)c1ccc(Nc2ncnc3sc(C)cc23)cc1. The summed E-state index contributed by atoms with van der Waals surface area (Å²) >= 11 is 1.65. The molecule has 7 heteroatoms. The fraction of sp³-hybridized carbons (Fsp3) is 0.350. The lowest BCUT2D eigenvalue weighted by atomic mass is 10.2. The highest BCUT2D eigenvalue weighted by Gasteiger charge is 2.09. The smallest absolute Gasteiger partial charge is 0.251 e. The number of carbonyl (C=O) groups is 1. The molecule has 0 fully saturated rings. The summed E-state index contributed by atoms with van der Waals surface area (Å²) < 4.78 is 0. The molecule has 1 amide bonds. The minimum absolute atomic E-state index is 0.0495. The van der Waals surface area contributed by atoms with Crippen LogP contribution in [0.3, 0.4) is 0 Å². The Bertz CT molecular complexity index is 902. The van der Waals surface area contributed by atoms with Gasteiger partial charge in [-0.3, -0.25) is 4.79 Å². The molecule has 0 atom stereocenters. The summed E-state index contributed by atoms with van der Waals surface area (Å²) in [7, 11) is 0. The summed E-state index contributed by atoms with van der Waals surface area (Å²) in [6.45, 7) is 9.81. The highest BCUT2D eigenvalue weighted by atomic mass is 32.1. The van der Waals surface area contributed by atoms with Gasteiger partial charge in [0.25, 0.3) is 5.91 Å². The molecule has 0 aliphatic carbocycles. The van der Waals surface area contributed by atoms with Crippen LogP contribution >= 0.6 is 11.3 Å². The Morgan fingerprint density at radius 1 is 1.15 bits per heavy atom. The third-order valence-electron chi connectivity index (χ3n) is 4.47. The van der Waals surface area contributed by atoms with E-state index in [2.05, 4.69) is 52.3 Å². The Hall–Kier alpha value is -2.51. The molecule has 3 aromatic rings. The molecule has 0 bridgehead atoms. The van der Waals surface area contributed by atoms with Crippen molar-refractivity contribution in [2.45, 2.75) is 20.8 Å². The van der Waals surface area contributed by atoms with Gasteiger partial charge in [0, 0.05) is 29.2 Å². The standard InChI is InChI=1S/C20H25N5OS/c1-4-25(5-2)11-10-21-19(26)15-6-8-16(9-7-15)24-18-17-12-14(3)27-20(17)23-13-22-18/h6-9,12-13H,4-5,10-11H2,1-3H3,(H,21,26)(H,22,23,24). The summed E-state index contributed by atoms with van der Waals surface area (Å²) in [6, 6.07) is 9.53. The Balaban J connectivity index is 1.62. The first-order chi connectivity index (χ1) is 13.1. The zero-order valence-electron chi connectivity index (χ0n) is 16.0. The molecule has 0 aliphatic rings. The molecule has 0 aliphatic heterocycles. The minimum Gasteiger partial charge on any atom is -0.351 e. The van der Waals surface area contributed by atoms with Crippen molar-refractivity contribution < 1.29 is 4.79 Å². The fourth-order valence-corrected chi connectivity index (χ4v) is 3.73. The van der Waals surface area contributed by atoms with E-state index in [4.69, 9.17) is 0 Å². The van der Waals surface area contributed by atoms with E-state index < -0.39 is 0 Å². The Labute approximate surface area is 163 Å². The summed E-state index contributed by atoms with van der Waals surface area (Å²) in [6.07, 6.45) is 1.57. The Morgan fingerprint density at radius 3 is 2.59 bits per heavy atom. The van der Waals surface area contributed by atoms with Gasteiger partial charge in [-0.25, -0.2) is 9.97 Å². The van der Waals surface area contributed by atoms with Crippen molar-refractivity contribution in [3.63, 3.8) is 0 Å². The second-order valence-corrected chi connectivity index (χ2v) is 7.52. The van der Waals surface area contributed by atoms with Crippen LogP contribution in [0.2, 0.25) is 0 Å². The summed E-state index contributed by atoms with van der Waals surface area (Å²) in [5, 5.41) is 7.30. The van der Waals surface area contributed by atoms with Crippen LogP contribution in [0.4, 0.5) is 11.5 Å². The van der Waals surface area contributed by atoms with Crippen LogP contribution in [0.25, 0.3) is 10.2 Å². The normalized spacial score (nSPS) is 11.1. The van der Waals surface area contributed by atoms with Crippen molar-refractivity contribution in [2.24, 2.45) is 0 Å². The maximum absolute atomic E-state index is 12.3. The van der Waals surface area contributed by atoms with E-state index in [0.717, 1.165) is 41.4 Å². The van der Waals surface area contributed by atoms with Gasteiger partial charge in [0.2, 0.25) is 0 Å². The maximum atomic E-state index is 12.3. The number of carbonyl (C=O) groups excluding carboxylic acids is 1. The number of aryl methyl sites for hydroxylation is 1. The molecular weight excluding hydrogens is 358 g/mol. The van der Waals surface area contributed by atoms with Crippen molar-refractivity contribution >= 4 is 39.0 Å². The molecule has 142 valence electrons. The number of amides is 1. The van der Waals surface area contributed by atoms with Crippen LogP contribution in [0.15, 0.2) is 36.7 Å². The molecule has 0 spiro atoms. The second-order valence-electron chi connectivity index (χ2n) is 6.28. The van der Waals surface area contributed by atoms with Gasteiger partial charge in [-0.15, -0.1) is 11.3 Å².